The van der Waals surface area contributed by atoms with E-state index in [9.17, 15) is 4.79 Å². The molecule has 5 nitrogen and oxygen atoms in total. The Morgan fingerprint density at radius 3 is 2.66 bits per heavy atom. The number of hydrogen-bond acceptors (Lipinski definition) is 4. The number of anilines is 1. The van der Waals surface area contributed by atoms with Gasteiger partial charge in [0.1, 0.15) is 4.99 Å². The molecule has 2 aromatic carbocycles. The van der Waals surface area contributed by atoms with Gasteiger partial charge in [-0.25, -0.2) is 0 Å². The number of nitrogens with zero attached hydrogens (tertiary/aromatic N) is 1. The highest BCUT2D eigenvalue weighted by atomic mass is 127. The van der Waals surface area contributed by atoms with Crippen LogP contribution in [0.4, 0.5) is 5.69 Å². The minimum Gasteiger partial charge on any atom is -0.490 e. The molecule has 0 bridgehead atoms. The first-order chi connectivity index (χ1) is 14.0. The number of carbonyl (C=O) groups is 1. The highest BCUT2D eigenvalue weighted by Crippen LogP contribution is 2.35. The van der Waals surface area contributed by atoms with E-state index in [1.807, 2.05) is 50.2 Å². The van der Waals surface area contributed by atoms with Crippen molar-refractivity contribution in [1.29, 1.82) is 0 Å². The van der Waals surface area contributed by atoms with Crippen LogP contribution in [0, 0.1) is 10.5 Å². The van der Waals surface area contributed by atoms with Crippen LogP contribution in [0.3, 0.4) is 0 Å². The monoisotopic (exact) mass is 524 g/mol. The first-order valence-corrected chi connectivity index (χ1v) is 11.2. The molecule has 1 amide bonds. The molecular formula is C22H25IN2O3S. The van der Waals surface area contributed by atoms with Crippen molar-refractivity contribution in [3.63, 3.8) is 0 Å². The van der Waals surface area contributed by atoms with Gasteiger partial charge in [-0.1, -0.05) is 24.4 Å². The average Bonchev–Trinajstić information content (AvgIpc) is 3.21. The second-order valence-electron chi connectivity index (χ2n) is 6.92. The topological polar surface area (TPSA) is 50.8 Å². The first-order valence-electron chi connectivity index (χ1n) is 9.73. The fourth-order valence-electron chi connectivity index (χ4n) is 3.25. The molecule has 1 N–H and O–H groups in total. The lowest BCUT2D eigenvalue weighted by atomic mass is 10.2. The Hall–Kier alpha value is -1.87. The van der Waals surface area contributed by atoms with Crippen molar-refractivity contribution in [2.24, 2.45) is 0 Å². The lowest BCUT2D eigenvalue weighted by Gasteiger charge is -2.21. The molecule has 0 atom stereocenters. The number of likely N-dealkylation sites (tertiary alicyclic amines) is 1. The van der Waals surface area contributed by atoms with E-state index >= 15 is 0 Å². The predicted octanol–water partition coefficient (Wildman–Crippen LogP) is 4.79. The van der Waals surface area contributed by atoms with E-state index in [-0.39, 0.29) is 12.5 Å². The van der Waals surface area contributed by atoms with Crippen molar-refractivity contribution >= 4 is 51.4 Å². The summed E-state index contributed by atoms with van der Waals surface area (Å²) >= 11 is 7.89. The minimum absolute atomic E-state index is 0.0973. The normalized spacial score (nSPS) is 13.3. The fourth-order valence-corrected chi connectivity index (χ4v) is 4.31. The van der Waals surface area contributed by atoms with Crippen molar-refractivity contribution in [2.75, 3.05) is 31.6 Å². The second kappa shape index (κ2) is 10.2. The van der Waals surface area contributed by atoms with Crippen molar-refractivity contribution in [3.05, 3.63) is 51.1 Å². The molecular weight excluding hydrogens is 499 g/mol. The number of thiocarbonyl (C=S) groups is 1. The van der Waals surface area contributed by atoms with Crippen LogP contribution >= 0.6 is 34.8 Å². The molecule has 1 aliphatic rings. The number of benzene rings is 2. The number of amides is 1. The molecule has 3 rings (SSSR count). The molecule has 29 heavy (non-hydrogen) atoms. The number of carbonyl (C=O) groups excluding carboxylic acids is 1. The Kier molecular flexibility index (Phi) is 7.71. The van der Waals surface area contributed by atoms with Crippen LogP contribution in [0.15, 0.2) is 36.4 Å². The number of aryl methyl sites for hydroxylation is 1. The van der Waals surface area contributed by atoms with Gasteiger partial charge in [-0.05, 0) is 79.1 Å². The zero-order chi connectivity index (χ0) is 20.8. The summed E-state index contributed by atoms with van der Waals surface area (Å²) in [6.45, 7) is 6.30. The van der Waals surface area contributed by atoms with Crippen molar-refractivity contribution < 1.29 is 14.3 Å². The van der Waals surface area contributed by atoms with Gasteiger partial charge in [0.15, 0.2) is 18.1 Å². The Morgan fingerprint density at radius 2 is 1.97 bits per heavy atom. The summed E-state index contributed by atoms with van der Waals surface area (Å²) < 4.78 is 12.5. The largest absolute Gasteiger partial charge is 0.490 e. The molecule has 1 heterocycles. The molecule has 1 aliphatic heterocycles. The quantitative estimate of drug-likeness (QED) is 0.417. The van der Waals surface area contributed by atoms with E-state index in [2.05, 4.69) is 32.8 Å². The summed E-state index contributed by atoms with van der Waals surface area (Å²) in [7, 11) is 0. The average molecular weight is 524 g/mol. The Balaban J connectivity index is 1.72. The van der Waals surface area contributed by atoms with Gasteiger partial charge < -0.3 is 19.7 Å². The number of nitrogens with one attached hydrogen (secondary N) is 1. The van der Waals surface area contributed by atoms with E-state index in [4.69, 9.17) is 21.7 Å². The molecule has 0 radical (unpaired) electrons. The second-order valence-corrected chi connectivity index (χ2v) is 8.47. The lowest BCUT2D eigenvalue weighted by Crippen LogP contribution is -2.27. The highest BCUT2D eigenvalue weighted by molar-refractivity contribution is 14.1. The van der Waals surface area contributed by atoms with Gasteiger partial charge in [-0.2, -0.15) is 0 Å². The van der Waals surface area contributed by atoms with Gasteiger partial charge in [-0.3, -0.25) is 4.79 Å². The van der Waals surface area contributed by atoms with E-state index in [1.54, 1.807) is 0 Å². The summed E-state index contributed by atoms with van der Waals surface area (Å²) in [5.41, 5.74) is 2.79. The zero-order valence-electron chi connectivity index (χ0n) is 16.7. The summed E-state index contributed by atoms with van der Waals surface area (Å²) in [5.74, 6) is 0.963. The van der Waals surface area contributed by atoms with Crippen LogP contribution < -0.4 is 14.8 Å². The van der Waals surface area contributed by atoms with E-state index in [1.165, 1.54) is 12.8 Å². The molecule has 0 aromatic heterocycles. The number of hydrogen-bond donors (Lipinski definition) is 1. The highest BCUT2D eigenvalue weighted by Gasteiger charge is 2.20. The molecule has 0 spiro atoms. The van der Waals surface area contributed by atoms with Crippen LogP contribution in [0.2, 0.25) is 0 Å². The molecule has 2 aromatic rings. The maximum absolute atomic E-state index is 12.3. The van der Waals surface area contributed by atoms with Crippen molar-refractivity contribution in [2.45, 2.75) is 26.7 Å². The Morgan fingerprint density at radius 1 is 1.21 bits per heavy atom. The molecule has 1 saturated heterocycles. The van der Waals surface area contributed by atoms with Gasteiger partial charge in [-0.15, -0.1) is 0 Å². The van der Waals surface area contributed by atoms with Gasteiger partial charge in [0.25, 0.3) is 5.91 Å². The standard InChI is InChI=1S/C22H25IN2O3S/c1-3-27-19-13-16(22(29)25-9-4-5-10-25)12-18(23)21(19)28-14-20(26)24-17-8-6-7-15(2)11-17/h6-8,11-13H,3-5,9-10,14H2,1-2H3,(H,24,26). The van der Waals surface area contributed by atoms with E-state index < -0.39 is 0 Å². The van der Waals surface area contributed by atoms with Gasteiger partial charge in [0.05, 0.1) is 10.2 Å². The van der Waals surface area contributed by atoms with E-state index in [0.29, 0.717) is 18.1 Å². The van der Waals surface area contributed by atoms with E-state index in [0.717, 1.165) is 38.5 Å². The van der Waals surface area contributed by atoms with Gasteiger partial charge in [0, 0.05) is 24.3 Å². The number of rotatable bonds is 7. The Bertz CT molecular complexity index is 898. The summed E-state index contributed by atoms with van der Waals surface area (Å²) in [6.07, 6.45) is 2.35. The van der Waals surface area contributed by atoms with Crippen LogP contribution in [0.1, 0.15) is 30.9 Å². The van der Waals surface area contributed by atoms with Crippen LogP contribution in [0.5, 0.6) is 11.5 Å². The number of halogens is 1. The van der Waals surface area contributed by atoms with Gasteiger partial charge in [0.2, 0.25) is 0 Å². The number of ether oxygens (including phenoxy) is 2. The van der Waals surface area contributed by atoms with Crippen LogP contribution in [-0.4, -0.2) is 42.1 Å². The Labute approximate surface area is 190 Å². The third kappa shape index (κ3) is 5.82. The SMILES string of the molecule is CCOc1cc(C(=S)N2CCCC2)cc(I)c1OCC(=O)Nc1cccc(C)c1. The summed E-state index contributed by atoms with van der Waals surface area (Å²) in [4.78, 5) is 15.4. The van der Waals surface area contributed by atoms with Crippen molar-refractivity contribution in [3.8, 4) is 11.5 Å². The minimum atomic E-state index is -0.217. The maximum atomic E-state index is 12.3. The summed E-state index contributed by atoms with van der Waals surface area (Å²) in [6, 6.07) is 11.6. The molecule has 154 valence electrons. The van der Waals surface area contributed by atoms with Crippen LogP contribution in [-0.2, 0) is 4.79 Å². The van der Waals surface area contributed by atoms with Crippen molar-refractivity contribution in [1.82, 2.24) is 4.90 Å². The predicted molar refractivity (Wildman–Crippen MR) is 128 cm³/mol. The fraction of sp³-hybridized carbons (Fsp3) is 0.364. The molecule has 1 fully saturated rings. The molecule has 0 unspecified atom stereocenters. The molecule has 7 heteroatoms. The third-order valence-corrected chi connectivity index (χ3v) is 5.89. The third-order valence-electron chi connectivity index (χ3n) is 4.60. The smallest absolute Gasteiger partial charge is 0.262 e. The first kappa shape index (κ1) is 21.8. The lowest BCUT2D eigenvalue weighted by molar-refractivity contribution is -0.118. The molecule has 0 saturated carbocycles. The molecule has 0 aliphatic carbocycles. The summed E-state index contributed by atoms with van der Waals surface area (Å²) in [5, 5.41) is 2.86. The maximum Gasteiger partial charge on any atom is 0.262 e. The zero-order valence-corrected chi connectivity index (χ0v) is 19.6. The van der Waals surface area contributed by atoms with Crippen LogP contribution in [0.25, 0.3) is 0 Å². The van der Waals surface area contributed by atoms with Gasteiger partial charge >= 0.3 is 0 Å².